The minimum absolute atomic E-state index is 0.350. The first kappa shape index (κ1) is 14.3. The molecule has 2 nitrogen and oxygen atoms in total. The van der Waals surface area contributed by atoms with E-state index in [1.807, 2.05) is 0 Å². The summed E-state index contributed by atoms with van der Waals surface area (Å²) in [6.45, 7) is 3.81. The highest BCUT2D eigenvalue weighted by molar-refractivity contribution is 7.99. The highest BCUT2D eigenvalue weighted by atomic mass is 32.2. The van der Waals surface area contributed by atoms with Crippen LogP contribution in [0.3, 0.4) is 0 Å². The lowest BCUT2D eigenvalue weighted by atomic mass is 10.2. The zero-order valence-corrected chi connectivity index (χ0v) is 11.6. The van der Waals surface area contributed by atoms with Crippen LogP contribution in [-0.4, -0.2) is 47.3 Å². The number of rotatable bonds is 8. The summed E-state index contributed by atoms with van der Waals surface area (Å²) in [4.78, 5) is 2.54. The Morgan fingerprint density at radius 2 is 2.06 bits per heavy atom. The minimum Gasteiger partial charge on any atom is -0.396 e. The number of hydrogen-bond donors (Lipinski definition) is 1. The van der Waals surface area contributed by atoms with Gasteiger partial charge in [-0.25, -0.2) is 0 Å². The van der Waals surface area contributed by atoms with Crippen LogP contribution >= 0.6 is 11.8 Å². The zero-order valence-electron chi connectivity index (χ0n) is 10.8. The van der Waals surface area contributed by atoms with Crippen LogP contribution in [0.15, 0.2) is 0 Å². The molecular weight excluding hydrogens is 218 g/mol. The van der Waals surface area contributed by atoms with Crippen LogP contribution < -0.4 is 0 Å². The van der Waals surface area contributed by atoms with Gasteiger partial charge in [0.15, 0.2) is 0 Å². The monoisotopic (exact) mass is 245 g/mol. The van der Waals surface area contributed by atoms with Crippen LogP contribution in [-0.2, 0) is 0 Å². The lowest BCUT2D eigenvalue weighted by Gasteiger charge is -2.24. The highest BCUT2D eigenvalue weighted by Crippen LogP contribution is 2.32. The molecule has 0 amide bonds. The highest BCUT2D eigenvalue weighted by Gasteiger charge is 2.26. The van der Waals surface area contributed by atoms with Gasteiger partial charge in [-0.1, -0.05) is 6.92 Å². The summed E-state index contributed by atoms with van der Waals surface area (Å²) >= 11 is 2.13. The van der Waals surface area contributed by atoms with Crippen molar-refractivity contribution in [2.45, 2.75) is 56.7 Å². The Labute approximate surface area is 105 Å². The van der Waals surface area contributed by atoms with Crippen molar-refractivity contribution in [1.82, 2.24) is 4.90 Å². The van der Waals surface area contributed by atoms with Crippen LogP contribution in [0.4, 0.5) is 0 Å². The van der Waals surface area contributed by atoms with Gasteiger partial charge in [-0.2, -0.15) is 11.8 Å². The Morgan fingerprint density at radius 1 is 1.25 bits per heavy atom. The van der Waals surface area contributed by atoms with Crippen molar-refractivity contribution in [3.05, 3.63) is 0 Å². The molecule has 0 heterocycles. The van der Waals surface area contributed by atoms with E-state index >= 15 is 0 Å². The number of unbranched alkanes of at least 4 members (excludes halogenated alkanes) is 2. The average molecular weight is 245 g/mol. The Bertz CT molecular complexity index is 177. The Morgan fingerprint density at radius 3 is 2.75 bits per heavy atom. The number of aliphatic hydroxyl groups excluding tert-OH is 1. The smallest absolute Gasteiger partial charge is 0.0431 e. The average Bonchev–Trinajstić information content (AvgIpc) is 2.73. The van der Waals surface area contributed by atoms with Gasteiger partial charge in [0.1, 0.15) is 0 Å². The fraction of sp³-hybridized carbons (Fsp3) is 1.00. The summed E-state index contributed by atoms with van der Waals surface area (Å²) in [6, 6.07) is 0.818. The Kier molecular flexibility index (Phi) is 7.50. The molecule has 0 radical (unpaired) electrons. The third kappa shape index (κ3) is 5.07. The van der Waals surface area contributed by atoms with Crippen molar-refractivity contribution >= 4 is 11.8 Å². The van der Waals surface area contributed by atoms with E-state index in [1.165, 1.54) is 44.4 Å². The first-order valence-corrected chi connectivity index (χ1v) is 7.75. The molecule has 2 atom stereocenters. The van der Waals surface area contributed by atoms with Gasteiger partial charge in [-0.15, -0.1) is 0 Å². The molecule has 0 aromatic rings. The molecule has 1 fully saturated rings. The molecule has 1 aliphatic carbocycles. The van der Waals surface area contributed by atoms with Crippen LogP contribution in [0, 0.1) is 0 Å². The number of nitrogens with zero attached hydrogens (tertiary/aromatic N) is 1. The van der Waals surface area contributed by atoms with Crippen LogP contribution in [0.2, 0.25) is 0 Å². The summed E-state index contributed by atoms with van der Waals surface area (Å²) < 4.78 is 0. The lowest BCUT2D eigenvalue weighted by Crippen LogP contribution is -2.30. The molecule has 0 aliphatic heterocycles. The molecule has 1 N–H and O–H groups in total. The third-order valence-electron chi connectivity index (χ3n) is 3.55. The molecule has 3 heteroatoms. The van der Waals surface area contributed by atoms with Gasteiger partial charge in [0.2, 0.25) is 0 Å². The molecule has 1 rings (SSSR count). The van der Waals surface area contributed by atoms with Gasteiger partial charge in [0.25, 0.3) is 0 Å². The molecule has 0 bridgehead atoms. The van der Waals surface area contributed by atoms with Crippen molar-refractivity contribution < 1.29 is 5.11 Å². The summed E-state index contributed by atoms with van der Waals surface area (Å²) in [5.41, 5.74) is 0. The minimum atomic E-state index is 0.350. The summed E-state index contributed by atoms with van der Waals surface area (Å²) in [6.07, 6.45) is 7.54. The predicted octanol–water partition coefficient (Wildman–Crippen LogP) is 2.76. The van der Waals surface area contributed by atoms with E-state index in [0.29, 0.717) is 6.61 Å². The molecule has 0 spiro atoms. The first-order chi connectivity index (χ1) is 7.77. The second-order valence-electron chi connectivity index (χ2n) is 4.81. The van der Waals surface area contributed by atoms with Crippen molar-refractivity contribution in [3.63, 3.8) is 0 Å². The predicted molar refractivity (Wildman–Crippen MR) is 73.1 cm³/mol. The van der Waals surface area contributed by atoms with E-state index in [1.54, 1.807) is 0 Å². The van der Waals surface area contributed by atoms with Crippen LogP contribution in [0.1, 0.15) is 45.4 Å². The quantitative estimate of drug-likeness (QED) is 0.665. The Balaban J connectivity index is 2.10. The van der Waals surface area contributed by atoms with Crippen molar-refractivity contribution in [2.75, 3.05) is 26.0 Å². The summed E-state index contributed by atoms with van der Waals surface area (Å²) in [5, 5.41) is 9.63. The lowest BCUT2D eigenvalue weighted by molar-refractivity contribution is 0.233. The summed E-state index contributed by atoms with van der Waals surface area (Å²) in [5.74, 6) is 1.26. The molecule has 96 valence electrons. The number of thioether (sulfide) groups is 1. The standard InChI is InChI=1S/C13H27NOS/c1-3-16-13-8-7-12(11-13)14(2)9-5-4-6-10-15/h12-13,15H,3-11H2,1-2H3. The SMILES string of the molecule is CCSC1CCC(N(C)CCCCCO)C1. The second kappa shape index (κ2) is 8.37. The van der Waals surface area contributed by atoms with E-state index in [2.05, 4.69) is 30.6 Å². The van der Waals surface area contributed by atoms with Gasteiger partial charge >= 0.3 is 0 Å². The molecule has 1 saturated carbocycles. The van der Waals surface area contributed by atoms with Crippen molar-refractivity contribution in [3.8, 4) is 0 Å². The zero-order chi connectivity index (χ0) is 11.8. The molecular formula is C13H27NOS. The molecule has 16 heavy (non-hydrogen) atoms. The van der Waals surface area contributed by atoms with E-state index in [0.717, 1.165) is 17.7 Å². The molecule has 0 saturated heterocycles. The van der Waals surface area contributed by atoms with Gasteiger partial charge in [-0.05, 0) is 57.9 Å². The number of aliphatic hydroxyl groups is 1. The van der Waals surface area contributed by atoms with Gasteiger partial charge in [0, 0.05) is 17.9 Å². The van der Waals surface area contributed by atoms with E-state index in [9.17, 15) is 0 Å². The largest absolute Gasteiger partial charge is 0.396 e. The Hall–Kier alpha value is 0.270. The molecule has 2 unspecified atom stereocenters. The molecule has 0 aromatic carbocycles. The fourth-order valence-electron chi connectivity index (χ4n) is 2.54. The fourth-order valence-corrected chi connectivity index (χ4v) is 3.67. The normalized spacial score (nSPS) is 25.5. The third-order valence-corrected chi connectivity index (χ3v) is 4.78. The van der Waals surface area contributed by atoms with Gasteiger partial charge in [-0.3, -0.25) is 0 Å². The second-order valence-corrected chi connectivity index (χ2v) is 6.39. The maximum absolute atomic E-state index is 8.72. The van der Waals surface area contributed by atoms with Crippen LogP contribution in [0.5, 0.6) is 0 Å². The maximum atomic E-state index is 8.72. The van der Waals surface area contributed by atoms with Gasteiger partial charge in [0.05, 0.1) is 0 Å². The molecule has 0 aromatic heterocycles. The van der Waals surface area contributed by atoms with Crippen LogP contribution in [0.25, 0.3) is 0 Å². The number of hydrogen-bond acceptors (Lipinski definition) is 3. The van der Waals surface area contributed by atoms with E-state index in [4.69, 9.17) is 5.11 Å². The van der Waals surface area contributed by atoms with E-state index in [-0.39, 0.29) is 0 Å². The van der Waals surface area contributed by atoms with Gasteiger partial charge < -0.3 is 10.0 Å². The maximum Gasteiger partial charge on any atom is 0.0431 e. The van der Waals surface area contributed by atoms with Crippen molar-refractivity contribution in [2.24, 2.45) is 0 Å². The topological polar surface area (TPSA) is 23.5 Å². The summed E-state index contributed by atoms with van der Waals surface area (Å²) in [7, 11) is 2.27. The van der Waals surface area contributed by atoms with Crippen molar-refractivity contribution in [1.29, 1.82) is 0 Å². The van der Waals surface area contributed by atoms with E-state index < -0.39 is 0 Å². The molecule has 1 aliphatic rings. The first-order valence-electron chi connectivity index (χ1n) is 6.70.